The number of H-pyrrole nitrogens is 1. The Hall–Kier alpha value is -3.42. The zero-order valence-corrected chi connectivity index (χ0v) is 19.4. The van der Waals surface area contributed by atoms with Crippen molar-refractivity contribution >= 4 is 34.1 Å². The third-order valence-electron chi connectivity index (χ3n) is 7.41. The topological polar surface area (TPSA) is 68.4 Å². The number of carbonyl (C=O) groups excluding carboxylic acids is 2. The van der Waals surface area contributed by atoms with E-state index in [0.717, 1.165) is 51.0 Å². The quantitative estimate of drug-likeness (QED) is 0.580. The van der Waals surface area contributed by atoms with Crippen molar-refractivity contribution in [2.24, 2.45) is 5.41 Å². The molecule has 2 N–H and O–H groups in total. The molecule has 0 bridgehead atoms. The summed E-state index contributed by atoms with van der Waals surface area (Å²) in [6, 6.07) is 9.03. The summed E-state index contributed by atoms with van der Waals surface area (Å²) in [5.74, 6) is -1.17. The van der Waals surface area contributed by atoms with Gasteiger partial charge in [-0.1, -0.05) is 6.07 Å². The van der Waals surface area contributed by atoms with Crippen molar-refractivity contribution in [2.45, 2.75) is 33.1 Å². The minimum Gasteiger partial charge on any atom is -0.371 e. The predicted molar refractivity (Wildman–Crippen MR) is 128 cm³/mol. The summed E-state index contributed by atoms with van der Waals surface area (Å²) >= 11 is 0. The maximum atomic E-state index is 14.5. The van der Waals surface area contributed by atoms with Gasteiger partial charge in [-0.15, -0.1) is 0 Å². The fourth-order valence-electron chi connectivity index (χ4n) is 5.33. The highest BCUT2D eigenvalue weighted by molar-refractivity contribution is 6.06. The number of piperidine rings is 1. The Morgan fingerprint density at radius 3 is 2.44 bits per heavy atom. The molecule has 0 atom stereocenters. The van der Waals surface area contributed by atoms with Crippen molar-refractivity contribution < 1.29 is 18.4 Å². The Bertz CT molecular complexity index is 1240. The first-order chi connectivity index (χ1) is 16.2. The molecular formula is C26H28F2N4O2. The van der Waals surface area contributed by atoms with Crippen LogP contribution in [0.15, 0.2) is 36.4 Å². The van der Waals surface area contributed by atoms with Gasteiger partial charge in [0, 0.05) is 49.9 Å². The van der Waals surface area contributed by atoms with E-state index in [4.69, 9.17) is 0 Å². The fourth-order valence-corrected chi connectivity index (χ4v) is 5.33. The van der Waals surface area contributed by atoms with E-state index in [9.17, 15) is 18.4 Å². The number of fused-ring (bicyclic) bond motifs is 1. The number of carbonyl (C=O) groups is 2. The zero-order valence-electron chi connectivity index (χ0n) is 19.4. The highest BCUT2D eigenvalue weighted by atomic mass is 19.1. The summed E-state index contributed by atoms with van der Waals surface area (Å²) in [6.07, 6.45) is 2.89. The molecule has 0 unspecified atom stereocenters. The molecular weight excluding hydrogens is 438 g/mol. The van der Waals surface area contributed by atoms with Gasteiger partial charge in [0.1, 0.15) is 17.3 Å². The molecule has 8 heteroatoms. The molecule has 5 rings (SSSR count). The third kappa shape index (κ3) is 4.13. The molecule has 0 radical (unpaired) electrons. The number of aromatic nitrogens is 1. The number of nitrogens with zero attached hydrogens (tertiary/aromatic N) is 2. The first-order valence-electron chi connectivity index (χ1n) is 11.6. The van der Waals surface area contributed by atoms with E-state index < -0.39 is 17.5 Å². The van der Waals surface area contributed by atoms with Gasteiger partial charge in [-0.2, -0.15) is 0 Å². The van der Waals surface area contributed by atoms with Crippen LogP contribution in [0.1, 0.15) is 42.2 Å². The second kappa shape index (κ2) is 8.42. The molecule has 2 saturated heterocycles. The van der Waals surface area contributed by atoms with E-state index in [-0.39, 0.29) is 17.0 Å². The van der Waals surface area contributed by atoms with Crippen LogP contribution in [0.4, 0.5) is 20.2 Å². The molecule has 0 saturated carbocycles. The summed E-state index contributed by atoms with van der Waals surface area (Å²) in [6.45, 7) is 6.59. The van der Waals surface area contributed by atoms with Gasteiger partial charge in [0.25, 0.3) is 5.91 Å². The minimum atomic E-state index is -0.459. The number of aryl methyl sites for hydroxylation is 1. The number of anilines is 2. The van der Waals surface area contributed by atoms with E-state index in [1.54, 1.807) is 19.1 Å². The number of rotatable bonds is 3. The second-order valence-electron chi connectivity index (χ2n) is 9.67. The van der Waals surface area contributed by atoms with Gasteiger partial charge in [-0.25, -0.2) is 8.78 Å². The highest BCUT2D eigenvalue weighted by Crippen LogP contribution is 2.41. The number of benzene rings is 2. The molecule has 3 aromatic rings. The number of hydrogen-bond acceptors (Lipinski definition) is 3. The lowest BCUT2D eigenvalue weighted by molar-refractivity contribution is -0.128. The van der Waals surface area contributed by atoms with E-state index in [1.165, 1.54) is 24.3 Å². The molecule has 0 aliphatic carbocycles. The van der Waals surface area contributed by atoms with E-state index in [1.807, 2.05) is 11.8 Å². The van der Waals surface area contributed by atoms with Crippen molar-refractivity contribution in [3.05, 3.63) is 59.3 Å². The SMILES string of the molecule is CC(=O)N1CCC2(CCN(c3cc(F)cc(NC(=O)c4cc5c(F)ccc(C)c5[nH]4)c3)CC2)C1. The Morgan fingerprint density at radius 2 is 1.76 bits per heavy atom. The Balaban J connectivity index is 1.30. The van der Waals surface area contributed by atoms with Crippen LogP contribution < -0.4 is 10.2 Å². The Kier molecular flexibility index (Phi) is 5.54. The van der Waals surface area contributed by atoms with Crippen LogP contribution in [0.5, 0.6) is 0 Å². The van der Waals surface area contributed by atoms with Gasteiger partial charge in [-0.3, -0.25) is 9.59 Å². The largest absolute Gasteiger partial charge is 0.371 e. The summed E-state index contributed by atoms with van der Waals surface area (Å²) in [7, 11) is 0. The monoisotopic (exact) mass is 466 g/mol. The molecule has 1 spiro atoms. The Labute approximate surface area is 196 Å². The van der Waals surface area contributed by atoms with Gasteiger partial charge >= 0.3 is 0 Å². The molecule has 6 nitrogen and oxygen atoms in total. The number of amides is 2. The Morgan fingerprint density at radius 1 is 1.03 bits per heavy atom. The summed E-state index contributed by atoms with van der Waals surface area (Å²) < 4.78 is 28.6. The minimum absolute atomic E-state index is 0.123. The number of aromatic amines is 1. The molecule has 3 heterocycles. The number of nitrogens with one attached hydrogen (secondary N) is 2. The standard InChI is InChI=1S/C26H28F2N4O2/c1-16-3-4-22(28)21-14-23(30-24(16)21)25(34)29-19-11-18(27)12-20(13-19)31-8-5-26(6-9-31)7-10-32(15-26)17(2)33/h3-4,11-14,30H,5-10,15H2,1-2H3,(H,29,34). The van der Waals surface area contributed by atoms with Crippen molar-refractivity contribution in [1.29, 1.82) is 0 Å². The number of halogens is 2. The highest BCUT2D eigenvalue weighted by Gasteiger charge is 2.41. The van der Waals surface area contributed by atoms with Crippen LogP contribution in [-0.4, -0.2) is 47.9 Å². The lowest BCUT2D eigenvalue weighted by atomic mass is 9.77. The molecule has 178 valence electrons. The molecule has 1 aromatic heterocycles. The van der Waals surface area contributed by atoms with Crippen molar-refractivity contribution in [3.8, 4) is 0 Å². The first-order valence-corrected chi connectivity index (χ1v) is 11.6. The molecule has 34 heavy (non-hydrogen) atoms. The summed E-state index contributed by atoms with van der Waals surface area (Å²) in [4.78, 5) is 31.6. The van der Waals surface area contributed by atoms with Crippen LogP contribution >= 0.6 is 0 Å². The van der Waals surface area contributed by atoms with Crippen LogP contribution in [0.2, 0.25) is 0 Å². The van der Waals surface area contributed by atoms with Gasteiger partial charge in [0.2, 0.25) is 5.91 Å². The lowest BCUT2D eigenvalue weighted by Gasteiger charge is -2.40. The van der Waals surface area contributed by atoms with Crippen molar-refractivity contribution in [3.63, 3.8) is 0 Å². The number of likely N-dealkylation sites (tertiary alicyclic amines) is 1. The maximum Gasteiger partial charge on any atom is 0.272 e. The summed E-state index contributed by atoms with van der Waals surface area (Å²) in [5.41, 5.74) is 2.83. The van der Waals surface area contributed by atoms with Gasteiger partial charge in [-0.05, 0) is 67.5 Å². The smallest absolute Gasteiger partial charge is 0.272 e. The van der Waals surface area contributed by atoms with Crippen LogP contribution in [0.3, 0.4) is 0 Å². The van der Waals surface area contributed by atoms with Gasteiger partial charge in [0.05, 0.1) is 5.52 Å². The van der Waals surface area contributed by atoms with E-state index in [2.05, 4.69) is 15.2 Å². The average Bonchev–Trinajstić information content (AvgIpc) is 3.43. The third-order valence-corrected chi connectivity index (χ3v) is 7.41. The lowest BCUT2D eigenvalue weighted by Crippen LogP contribution is -2.42. The van der Waals surface area contributed by atoms with Crippen LogP contribution in [-0.2, 0) is 4.79 Å². The fraction of sp³-hybridized carbons (Fsp3) is 0.385. The van der Waals surface area contributed by atoms with E-state index >= 15 is 0 Å². The number of hydrogen-bond donors (Lipinski definition) is 2. The molecule has 2 fully saturated rings. The molecule has 2 aromatic carbocycles. The molecule has 2 amide bonds. The first kappa shape index (κ1) is 22.4. The van der Waals surface area contributed by atoms with Crippen molar-refractivity contribution in [2.75, 3.05) is 36.4 Å². The van der Waals surface area contributed by atoms with Gasteiger partial charge < -0.3 is 20.1 Å². The average molecular weight is 467 g/mol. The second-order valence-corrected chi connectivity index (χ2v) is 9.67. The predicted octanol–water partition coefficient (Wildman–Crippen LogP) is 4.85. The zero-order chi connectivity index (χ0) is 24.0. The summed E-state index contributed by atoms with van der Waals surface area (Å²) in [5, 5.41) is 3.09. The van der Waals surface area contributed by atoms with E-state index in [0.29, 0.717) is 22.3 Å². The molecule has 2 aliphatic rings. The van der Waals surface area contributed by atoms with Crippen LogP contribution in [0, 0.1) is 24.0 Å². The van der Waals surface area contributed by atoms with Crippen LogP contribution in [0.25, 0.3) is 10.9 Å². The van der Waals surface area contributed by atoms with Gasteiger partial charge in [0.15, 0.2) is 0 Å². The normalized spacial score (nSPS) is 17.5. The molecule has 2 aliphatic heterocycles. The van der Waals surface area contributed by atoms with Crippen molar-refractivity contribution in [1.82, 2.24) is 9.88 Å². The maximum absolute atomic E-state index is 14.5.